The van der Waals surface area contributed by atoms with Gasteiger partial charge in [0.15, 0.2) is 5.78 Å². The van der Waals surface area contributed by atoms with E-state index < -0.39 is 51.4 Å². The average molecular weight is 475 g/mol. The molecule has 0 N–H and O–H groups in total. The lowest BCUT2D eigenvalue weighted by Gasteiger charge is -2.30. The lowest BCUT2D eigenvalue weighted by Crippen LogP contribution is -2.46. The summed E-state index contributed by atoms with van der Waals surface area (Å²) in [6.07, 6.45) is 4.75. The van der Waals surface area contributed by atoms with Crippen molar-refractivity contribution in [2.24, 2.45) is 16.9 Å². The number of carbonyl (C=O) groups excluding carboxylic acids is 3. The summed E-state index contributed by atoms with van der Waals surface area (Å²) in [5.74, 6) is -3.74. The lowest BCUT2D eigenvalue weighted by atomic mass is 9.86. The van der Waals surface area contributed by atoms with Crippen molar-refractivity contribution >= 4 is 40.9 Å². The van der Waals surface area contributed by atoms with Crippen LogP contribution in [0.15, 0.2) is 59.7 Å². The van der Waals surface area contributed by atoms with Crippen molar-refractivity contribution in [3.05, 3.63) is 86.0 Å². The first-order chi connectivity index (χ1) is 16.7. The van der Waals surface area contributed by atoms with Crippen molar-refractivity contribution in [1.29, 1.82) is 0 Å². The van der Waals surface area contributed by atoms with Gasteiger partial charge in [0.25, 0.3) is 11.4 Å². The van der Waals surface area contributed by atoms with Crippen LogP contribution in [-0.2, 0) is 9.59 Å². The Balaban J connectivity index is 1.57. The first-order valence-electron chi connectivity index (χ1n) is 10.6. The zero-order chi connectivity index (χ0) is 25.0. The summed E-state index contributed by atoms with van der Waals surface area (Å²) in [4.78, 5) is 62.8. The maximum Gasteiger partial charge on any atom is 0.270 e. The monoisotopic (exact) mass is 475 g/mol. The molecule has 2 amide bonds. The topological polar surface area (TPSA) is 156 Å². The van der Waals surface area contributed by atoms with Crippen LogP contribution in [0.1, 0.15) is 15.9 Å². The van der Waals surface area contributed by atoms with Crippen molar-refractivity contribution in [1.82, 2.24) is 5.01 Å². The molecule has 0 unspecified atom stereocenters. The molecule has 5 rings (SSSR count). The quantitative estimate of drug-likeness (QED) is 0.276. The van der Waals surface area contributed by atoms with E-state index in [1.807, 2.05) is 0 Å². The Bertz CT molecular complexity index is 1380. The number of rotatable bonds is 5. The average Bonchev–Trinajstić information content (AvgIpc) is 3.31. The molecule has 0 spiro atoms. The van der Waals surface area contributed by atoms with Crippen LogP contribution >= 0.6 is 0 Å². The van der Waals surface area contributed by atoms with Crippen LogP contribution in [0.3, 0.4) is 0 Å². The van der Waals surface area contributed by atoms with Crippen LogP contribution in [-0.4, -0.2) is 50.8 Å². The van der Waals surface area contributed by atoms with E-state index in [9.17, 15) is 34.6 Å². The minimum absolute atomic E-state index is 0.0265. The number of ketones is 1. The van der Waals surface area contributed by atoms with Gasteiger partial charge in [-0.25, -0.2) is 4.90 Å². The minimum atomic E-state index is -1.16. The SMILES string of the molecule is Cc1cc([N+](=O)[O-])ccc1N1C(=O)[C@@H]2[C@H](C1=O)[C@H]1C=CC=NN1[C@@H]2C(=O)c1cccc([N+](=O)[O-])c1. The summed E-state index contributed by atoms with van der Waals surface area (Å²) in [5.41, 5.74) is 0.132. The second kappa shape index (κ2) is 7.94. The minimum Gasteiger partial charge on any atom is -0.292 e. The molecule has 0 aromatic heterocycles. The molecular formula is C23H17N5O7. The van der Waals surface area contributed by atoms with Crippen molar-refractivity contribution in [3.63, 3.8) is 0 Å². The Kier molecular flexibility index (Phi) is 5.01. The van der Waals surface area contributed by atoms with E-state index in [-0.39, 0.29) is 22.6 Å². The molecule has 2 aromatic rings. The van der Waals surface area contributed by atoms with Gasteiger partial charge in [-0.15, -0.1) is 0 Å². The van der Waals surface area contributed by atoms with Crippen molar-refractivity contribution in [2.45, 2.75) is 19.0 Å². The fourth-order valence-electron chi connectivity index (χ4n) is 5.02. The van der Waals surface area contributed by atoms with Gasteiger partial charge in [-0.05, 0) is 24.6 Å². The third-order valence-corrected chi connectivity index (χ3v) is 6.53. The molecule has 0 radical (unpaired) electrons. The number of hydrogen-bond acceptors (Lipinski definition) is 9. The number of aryl methyl sites for hydroxylation is 1. The fraction of sp³-hybridized carbons (Fsp3) is 0.217. The third-order valence-electron chi connectivity index (χ3n) is 6.53. The molecule has 0 aliphatic carbocycles. The van der Waals surface area contributed by atoms with E-state index in [0.717, 1.165) is 11.0 Å². The van der Waals surface area contributed by atoms with Gasteiger partial charge in [-0.3, -0.25) is 39.6 Å². The summed E-state index contributed by atoms with van der Waals surface area (Å²) in [6, 6.07) is 7.17. The standard InChI is InChI=1S/C23H17N5O7/c1-12-10-15(28(34)35)7-8-16(12)25-22(30)18-17-6-3-9-24-26(17)20(19(18)23(25)31)21(29)13-4-2-5-14(11-13)27(32)33/h2-11,17-20H,1H3/t17-,18-,19-,20+/m1/s1. The van der Waals surface area contributed by atoms with E-state index in [0.29, 0.717) is 5.56 Å². The van der Waals surface area contributed by atoms with E-state index >= 15 is 0 Å². The Hall–Kier alpha value is -4.74. The van der Waals surface area contributed by atoms with E-state index in [1.54, 1.807) is 19.1 Å². The molecule has 176 valence electrons. The fourth-order valence-corrected chi connectivity index (χ4v) is 5.02. The molecule has 12 nitrogen and oxygen atoms in total. The molecule has 3 heterocycles. The molecule has 3 aliphatic rings. The number of carbonyl (C=O) groups is 3. The number of hydrogen-bond donors (Lipinski definition) is 0. The molecule has 3 aliphatic heterocycles. The molecule has 12 heteroatoms. The van der Waals surface area contributed by atoms with E-state index in [1.165, 1.54) is 47.6 Å². The lowest BCUT2D eigenvalue weighted by molar-refractivity contribution is -0.385. The summed E-state index contributed by atoms with van der Waals surface area (Å²) in [5, 5.41) is 28.0. The number of anilines is 1. The van der Waals surface area contributed by atoms with Gasteiger partial charge in [0.1, 0.15) is 6.04 Å². The van der Waals surface area contributed by atoms with Crippen LogP contribution in [0.5, 0.6) is 0 Å². The molecule has 0 saturated carbocycles. The number of nitro groups is 2. The van der Waals surface area contributed by atoms with Crippen LogP contribution in [0.2, 0.25) is 0 Å². The highest BCUT2D eigenvalue weighted by Crippen LogP contribution is 2.47. The predicted molar refractivity (Wildman–Crippen MR) is 122 cm³/mol. The maximum atomic E-state index is 13.6. The summed E-state index contributed by atoms with van der Waals surface area (Å²) in [7, 11) is 0. The molecule has 4 atom stereocenters. The highest BCUT2D eigenvalue weighted by molar-refractivity contribution is 6.25. The van der Waals surface area contributed by atoms with Gasteiger partial charge in [-0.2, -0.15) is 5.10 Å². The van der Waals surface area contributed by atoms with Crippen LogP contribution in [0.4, 0.5) is 17.1 Å². The van der Waals surface area contributed by atoms with Crippen LogP contribution in [0, 0.1) is 39.0 Å². The molecular weight excluding hydrogens is 458 g/mol. The smallest absolute Gasteiger partial charge is 0.270 e. The zero-order valence-electron chi connectivity index (χ0n) is 18.2. The third kappa shape index (κ3) is 3.29. The second-order valence-electron chi connectivity index (χ2n) is 8.43. The number of non-ortho nitro benzene ring substituents is 2. The summed E-state index contributed by atoms with van der Waals surface area (Å²) >= 11 is 0. The Labute approximate surface area is 197 Å². The highest BCUT2D eigenvalue weighted by Gasteiger charge is 2.64. The Morgan fingerprint density at radius 3 is 2.34 bits per heavy atom. The van der Waals surface area contributed by atoms with E-state index in [4.69, 9.17) is 0 Å². The number of allylic oxidation sites excluding steroid dienone is 1. The largest absolute Gasteiger partial charge is 0.292 e. The van der Waals surface area contributed by atoms with Gasteiger partial charge in [-0.1, -0.05) is 18.2 Å². The number of hydrazone groups is 1. The number of amides is 2. The second-order valence-corrected chi connectivity index (χ2v) is 8.43. The van der Waals surface area contributed by atoms with Gasteiger partial charge in [0, 0.05) is 36.0 Å². The van der Waals surface area contributed by atoms with Crippen LogP contribution in [0.25, 0.3) is 0 Å². The molecule has 2 saturated heterocycles. The molecule has 35 heavy (non-hydrogen) atoms. The van der Waals surface area contributed by atoms with Gasteiger partial charge >= 0.3 is 0 Å². The highest BCUT2D eigenvalue weighted by atomic mass is 16.6. The van der Waals surface area contributed by atoms with E-state index in [2.05, 4.69) is 5.10 Å². The van der Waals surface area contributed by atoms with Gasteiger partial charge < -0.3 is 0 Å². The van der Waals surface area contributed by atoms with Gasteiger partial charge in [0.2, 0.25) is 11.8 Å². The number of fused-ring (bicyclic) bond motifs is 3. The summed E-state index contributed by atoms with van der Waals surface area (Å²) in [6.45, 7) is 1.56. The normalized spacial score (nSPS) is 24.5. The number of imide groups is 1. The zero-order valence-corrected chi connectivity index (χ0v) is 18.2. The summed E-state index contributed by atoms with van der Waals surface area (Å²) < 4.78 is 0. The number of Topliss-reactive ketones (excluding diaryl/α,β-unsaturated/α-hetero) is 1. The Morgan fingerprint density at radius 2 is 1.66 bits per heavy atom. The van der Waals surface area contributed by atoms with Crippen molar-refractivity contribution in [3.8, 4) is 0 Å². The number of benzene rings is 2. The van der Waals surface area contributed by atoms with Gasteiger partial charge in [0.05, 0.1) is 33.4 Å². The molecule has 0 bridgehead atoms. The number of nitro benzene ring substituents is 2. The maximum absolute atomic E-state index is 13.6. The van der Waals surface area contributed by atoms with Crippen LogP contribution < -0.4 is 4.90 Å². The van der Waals surface area contributed by atoms with Crippen molar-refractivity contribution < 1.29 is 24.2 Å². The number of nitrogens with zero attached hydrogens (tertiary/aromatic N) is 5. The Morgan fingerprint density at radius 1 is 0.971 bits per heavy atom. The first kappa shape index (κ1) is 22.1. The van der Waals surface area contributed by atoms with Crippen molar-refractivity contribution in [2.75, 3.05) is 4.90 Å². The first-order valence-corrected chi connectivity index (χ1v) is 10.6. The molecule has 2 aromatic carbocycles. The predicted octanol–water partition coefficient (Wildman–Crippen LogP) is 2.41. The molecule has 2 fully saturated rings.